The fourth-order valence-corrected chi connectivity index (χ4v) is 4.61. The zero-order chi connectivity index (χ0) is 26.5. The summed E-state index contributed by atoms with van der Waals surface area (Å²) in [6, 6.07) is 21.4. The van der Waals surface area contributed by atoms with Crippen molar-refractivity contribution in [3.63, 3.8) is 0 Å². The molecule has 0 aliphatic carbocycles. The Bertz CT molecular complexity index is 1620. The van der Waals surface area contributed by atoms with Crippen molar-refractivity contribution >= 4 is 16.7 Å². The van der Waals surface area contributed by atoms with Crippen molar-refractivity contribution in [2.45, 2.75) is 39.2 Å². The summed E-state index contributed by atoms with van der Waals surface area (Å²) in [6.45, 7) is 1.95. The first-order valence-electron chi connectivity index (χ1n) is 12.7. The molecule has 5 rings (SSSR count). The molecule has 0 aliphatic rings. The number of carbonyl (C=O) groups excluding carboxylic acids is 1. The van der Waals surface area contributed by atoms with Crippen molar-refractivity contribution < 1.29 is 9.53 Å². The lowest BCUT2D eigenvalue weighted by Crippen LogP contribution is -2.30. The average molecular weight is 507 g/mol. The van der Waals surface area contributed by atoms with Crippen LogP contribution in [0.25, 0.3) is 22.2 Å². The third-order valence-corrected chi connectivity index (χ3v) is 6.71. The molecule has 0 spiro atoms. The second-order valence-corrected chi connectivity index (χ2v) is 9.44. The van der Waals surface area contributed by atoms with Gasteiger partial charge in [-0.3, -0.25) is 24.1 Å². The maximum absolute atomic E-state index is 13.6. The van der Waals surface area contributed by atoms with Gasteiger partial charge in [0.1, 0.15) is 11.4 Å². The van der Waals surface area contributed by atoms with Crippen LogP contribution < -0.4 is 10.3 Å². The number of ketones is 1. The van der Waals surface area contributed by atoms with Gasteiger partial charge in [0, 0.05) is 34.9 Å². The Morgan fingerprint density at radius 3 is 2.50 bits per heavy atom. The maximum atomic E-state index is 13.6. The number of aromatic nitrogens is 4. The van der Waals surface area contributed by atoms with Gasteiger partial charge in [-0.05, 0) is 61.6 Å². The fourth-order valence-electron chi connectivity index (χ4n) is 4.61. The van der Waals surface area contributed by atoms with Crippen LogP contribution in [-0.2, 0) is 30.6 Å². The highest BCUT2D eigenvalue weighted by molar-refractivity contribution is 5.81. The molecule has 0 saturated carbocycles. The lowest BCUT2D eigenvalue weighted by Gasteiger charge is -2.14. The zero-order valence-electron chi connectivity index (χ0n) is 21.6. The summed E-state index contributed by atoms with van der Waals surface area (Å²) in [5, 5.41) is 1.02. The van der Waals surface area contributed by atoms with E-state index in [0.29, 0.717) is 37.1 Å². The average Bonchev–Trinajstić information content (AvgIpc) is 3.35. The van der Waals surface area contributed by atoms with Crippen molar-refractivity contribution in [3.8, 4) is 17.0 Å². The standard InChI is InChI=1S/C31H30N4O3/c1-21-16-29-24(18-32-21)17-25(34-29)11-12-26(36)20-35-30(23-6-4-3-5-7-23)19-33-28(31(35)37)15-10-22-8-13-27(38-2)14-9-22/h3-9,13-14,16-19,34H,10-12,15,20H2,1-2H3. The van der Waals surface area contributed by atoms with Gasteiger partial charge in [-0.25, -0.2) is 0 Å². The number of H-pyrrole nitrogens is 1. The Morgan fingerprint density at radius 1 is 0.947 bits per heavy atom. The molecular weight excluding hydrogens is 476 g/mol. The monoisotopic (exact) mass is 506 g/mol. The minimum Gasteiger partial charge on any atom is -0.497 e. The molecule has 0 atom stereocenters. The number of carbonyl (C=O) groups is 1. The van der Waals surface area contributed by atoms with Crippen LogP contribution in [0, 0.1) is 6.92 Å². The van der Waals surface area contributed by atoms with Crippen LogP contribution in [0.1, 0.15) is 29.1 Å². The van der Waals surface area contributed by atoms with Gasteiger partial charge in [0.25, 0.3) is 5.56 Å². The molecule has 0 saturated heterocycles. The largest absolute Gasteiger partial charge is 0.497 e. The van der Waals surface area contributed by atoms with E-state index in [1.54, 1.807) is 17.9 Å². The number of nitrogens with zero attached hydrogens (tertiary/aromatic N) is 3. The predicted octanol–water partition coefficient (Wildman–Crippen LogP) is 5.09. The van der Waals surface area contributed by atoms with E-state index >= 15 is 0 Å². The molecule has 0 unspecified atom stereocenters. The molecular formula is C31H30N4O3. The maximum Gasteiger partial charge on any atom is 0.273 e. The molecule has 0 amide bonds. The van der Waals surface area contributed by atoms with Crippen molar-refractivity contribution in [3.05, 3.63) is 112 Å². The second kappa shape index (κ2) is 11.3. The second-order valence-electron chi connectivity index (χ2n) is 9.44. The first-order valence-corrected chi connectivity index (χ1v) is 12.7. The number of rotatable bonds is 10. The normalized spacial score (nSPS) is 11.1. The molecule has 0 bridgehead atoms. The van der Waals surface area contributed by atoms with Gasteiger partial charge in [0.2, 0.25) is 0 Å². The number of aromatic amines is 1. The smallest absolute Gasteiger partial charge is 0.273 e. The van der Waals surface area contributed by atoms with E-state index in [-0.39, 0.29) is 17.9 Å². The summed E-state index contributed by atoms with van der Waals surface area (Å²) in [5.41, 5.74) is 5.74. The van der Waals surface area contributed by atoms with E-state index in [0.717, 1.165) is 39.2 Å². The highest BCUT2D eigenvalue weighted by Gasteiger charge is 2.16. The SMILES string of the molecule is COc1ccc(CCc2ncc(-c3ccccc3)n(CC(=O)CCc3cc4cnc(C)cc4[nH]3)c2=O)cc1. The van der Waals surface area contributed by atoms with Crippen LogP contribution in [0.4, 0.5) is 0 Å². The molecule has 3 aromatic heterocycles. The summed E-state index contributed by atoms with van der Waals surface area (Å²) in [4.78, 5) is 38.9. The molecule has 2 aromatic carbocycles. The Kier molecular flexibility index (Phi) is 7.45. The Morgan fingerprint density at radius 2 is 1.74 bits per heavy atom. The van der Waals surface area contributed by atoms with Gasteiger partial charge < -0.3 is 9.72 Å². The van der Waals surface area contributed by atoms with Crippen LogP contribution in [0.2, 0.25) is 0 Å². The number of ether oxygens (including phenoxy) is 1. The summed E-state index contributed by atoms with van der Waals surface area (Å²) in [7, 11) is 1.63. The predicted molar refractivity (Wildman–Crippen MR) is 148 cm³/mol. The molecule has 192 valence electrons. The highest BCUT2D eigenvalue weighted by Crippen LogP contribution is 2.19. The lowest BCUT2D eigenvalue weighted by atomic mass is 10.1. The first kappa shape index (κ1) is 25.1. The van der Waals surface area contributed by atoms with E-state index in [4.69, 9.17) is 4.74 Å². The van der Waals surface area contributed by atoms with Gasteiger partial charge >= 0.3 is 0 Å². The molecule has 7 nitrogen and oxygen atoms in total. The summed E-state index contributed by atoms with van der Waals surface area (Å²) in [6.07, 6.45) is 5.58. The minimum atomic E-state index is -0.222. The van der Waals surface area contributed by atoms with Gasteiger partial charge in [-0.2, -0.15) is 0 Å². The number of hydrogen-bond acceptors (Lipinski definition) is 5. The summed E-state index contributed by atoms with van der Waals surface area (Å²) >= 11 is 0. The molecule has 0 aliphatic heterocycles. The molecule has 0 radical (unpaired) electrons. The van der Waals surface area contributed by atoms with Crippen LogP contribution in [0.5, 0.6) is 5.75 Å². The van der Waals surface area contributed by atoms with E-state index < -0.39 is 0 Å². The quantitative estimate of drug-likeness (QED) is 0.285. The van der Waals surface area contributed by atoms with E-state index in [1.165, 1.54) is 0 Å². The van der Waals surface area contributed by atoms with E-state index in [9.17, 15) is 9.59 Å². The van der Waals surface area contributed by atoms with Crippen molar-refractivity contribution in [2.75, 3.05) is 7.11 Å². The fraction of sp³-hybridized carbons (Fsp3) is 0.226. The molecule has 1 N–H and O–H groups in total. The van der Waals surface area contributed by atoms with Crippen LogP contribution in [0.3, 0.4) is 0 Å². The topological polar surface area (TPSA) is 89.9 Å². The molecule has 5 aromatic rings. The molecule has 38 heavy (non-hydrogen) atoms. The van der Waals surface area contributed by atoms with Gasteiger partial charge in [-0.15, -0.1) is 0 Å². The number of Topliss-reactive ketones (excluding diaryl/α,β-unsaturated/α-hetero) is 1. The van der Waals surface area contributed by atoms with Crippen LogP contribution >= 0.6 is 0 Å². The molecule has 0 fully saturated rings. The van der Waals surface area contributed by atoms with Crippen LogP contribution in [-0.4, -0.2) is 32.4 Å². The Labute approximate surface area is 221 Å². The lowest BCUT2D eigenvalue weighted by molar-refractivity contribution is -0.119. The number of methoxy groups -OCH3 is 1. The zero-order valence-corrected chi connectivity index (χ0v) is 21.6. The van der Waals surface area contributed by atoms with Gasteiger partial charge in [-0.1, -0.05) is 42.5 Å². The summed E-state index contributed by atoms with van der Waals surface area (Å²) < 4.78 is 6.80. The Hall–Kier alpha value is -4.52. The molecule has 7 heteroatoms. The third kappa shape index (κ3) is 5.72. The number of aryl methyl sites for hydroxylation is 4. The number of nitrogens with one attached hydrogen (secondary N) is 1. The third-order valence-electron chi connectivity index (χ3n) is 6.71. The van der Waals surface area contributed by atoms with Crippen molar-refractivity contribution in [1.82, 2.24) is 19.5 Å². The number of pyridine rings is 1. The van der Waals surface area contributed by atoms with E-state index in [2.05, 4.69) is 15.0 Å². The highest BCUT2D eigenvalue weighted by atomic mass is 16.5. The number of fused-ring (bicyclic) bond motifs is 1. The van der Waals surface area contributed by atoms with Crippen molar-refractivity contribution in [2.24, 2.45) is 0 Å². The van der Waals surface area contributed by atoms with Gasteiger partial charge in [0.15, 0.2) is 5.78 Å². The van der Waals surface area contributed by atoms with Crippen LogP contribution in [0.15, 0.2) is 83.9 Å². The van der Waals surface area contributed by atoms with Gasteiger partial charge in [0.05, 0.1) is 25.5 Å². The van der Waals surface area contributed by atoms with E-state index in [1.807, 2.05) is 79.9 Å². The number of hydrogen-bond donors (Lipinski definition) is 1. The first-order chi connectivity index (χ1) is 18.5. The number of benzene rings is 2. The Balaban J connectivity index is 1.35. The minimum absolute atomic E-state index is 0.00199. The molecule has 3 heterocycles. The van der Waals surface area contributed by atoms with Crippen molar-refractivity contribution in [1.29, 1.82) is 0 Å². The summed E-state index contributed by atoms with van der Waals surface area (Å²) in [5.74, 6) is 0.781.